The van der Waals surface area contributed by atoms with Gasteiger partial charge in [-0.05, 0) is 46.0 Å². The molecule has 0 saturated carbocycles. The zero-order valence-electron chi connectivity index (χ0n) is 10.3. The average molecular weight is 350 g/mol. The summed E-state index contributed by atoms with van der Waals surface area (Å²) in [7, 11) is -3.54. The summed E-state index contributed by atoms with van der Waals surface area (Å²) in [6, 6.07) is 4.69. The van der Waals surface area contributed by atoms with E-state index in [0.717, 1.165) is 6.42 Å². The molecule has 1 aromatic rings. The molecule has 0 spiro atoms. The first kappa shape index (κ1) is 14.9. The minimum absolute atomic E-state index is 0.119. The van der Waals surface area contributed by atoms with Gasteiger partial charge in [-0.1, -0.05) is 6.07 Å². The smallest absolute Gasteiger partial charge is 0.241 e. The maximum Gasteiger partial charge on any atom is 0.241 e. The van der Waals surface area contributed by atoms with E-state index in [-0.39, 0.29) is 17.4 Å². The monoisotopic (exact) mass is 349 g/mol. The van der Waals surface area contributed by atoms with Gasteiger partial charge in [-0.3, -0.25) is 0 Å². The third kappa shape index (κ3) is 3.76. The average Bonchev–Trinajstić information content (AvgIpc) is 2.89. The molecule has 1 saturated heterocycles. The van der Waals surface area contributed by atoms with E-state index in [0.29, 0.717) is 29.8 Å². The van der Waals surface area contributed by atoms with Gasteiger partial charge in [-0.25, -0.2) is 13.1 Å². The standard InChI is InChI=1S/C12H16BrNO4S/c13-11-5-9(7-15)1-2-12(11)19(16,17)14-6-10-3-4-18-8-10/h1-2,5,10,14-15H,3-4,6-8H2. The number of rotatable bonds is 5. The fraction of sp³-hybridized carbons (Fsp3) is 0.500. The summed E-state index contributed by atoms with van der Waals surface area (Å²) in [5.74, 6) is 0.241. The lowest BCUT2D eigenvalue weighted by Crippen LogP contribution is -2.29. The first-order valence-electron chi connectivity index (χ1n) is 5.99. The molecule has 0 radical (unpaired) electrons. The molecule has 0 bridgehead atoms. The Morgan fingerprint density at radius 3 is 2.84 bits per heavy atom. The number of hydrogen-bond acceptors (Lipinski definition) is 4. The number of sulfonamides is 1. The predicted molar refractivity (Wildman–Crippen MR) is 74.2 cm³/mol. The van der Waals surface area contributed by atoms with E-state index in [9.17, 15) is 8.42 Å². The van der Waals surface area contributed by atoms with Crippen LogP contribution in [0.1, 0.15) is 12.0 Å². The Balaban J connectivity index is 2.10. The number of ether oxygens (including phenoxy) is 1. The van der Waals surface area contributed by atoms with Gasteiger partial charge < -0.3 is 9.84 Å². The first-order valence-corrected chi connectivity index (χ1v) is 8.27. The van der Waals surface area contributed by atoms with E-state index in [1.54, 1.807) is 12.1 Å². The Morgan fingerprint density at radius 2 is 2.26 bits per heavy atom. The molecule has 7 heteroatoms. The van der Waals surface area contributed by atoms with E-state index in [4.69, 9.17) is 9.84 Å². The van der Waals surface area contributed by atoms with Crippen LogP contribution in [0.5, 0.6) is 0 Å². The topological polar surface area (TPSA) is 75.6 Å². The van der Waals surface area contributed by atoms with E-state index >= 15 is 0 Å². The van der Waals surface area contributed by atoms with Gasteiger partial charge in [0.15, 0.2) is 0 Å². The van der Waals surface area contributed by atoms with Gasteiger partial charge in [0.1, 0.15) is 0 Å². The van der Waals surface area contributed by atoms with Crippen LogP contribution in [0.25, 0.3) is 0 Å². The van der Waals surface area contributed by atoms with Gasteiger partial charge in [0.05, 0.1) is 18.1 Å². The molecule has 5 nitrogen and oxygen atoms in total. The van der Waals surface area contributed by atoms with Crippen molar-refractivity contribution >= 4 is 26.0 Å². The maximum absolute atomic E-state index is 12.2. The molecule has 1 unspecified atom stereocenters. The number of hydrogen-bond donors (Lipinski definition) is 2. The molecule has 106 valence electrons. The molecule has 1 atom stereocenters. The van der Waals surface area contributed by atoms with E-state index in [1.807, 2.05) is 0 Å². The van der Waals surface area contributed by atoms with Gasteiger partial charge >= 0.3 is 0 Å². The van der Waals surface area contributed by atoms with Crippen molar-refractivity contribution < 1.29 is 18.3 Å². The van der Waals surface area contributed by atoms with E-state index in [2.05, 4.69) is 20.7 Å². The molecule has 2 N–H and O–H groups in total. The molecule has 2 rings (SSSR count). The molecule has 0 amide bonds. The molecular weight excluding hydrogens is 334 g/mol. The van der Waals surface area contributed by atoms with Crippen LogP contribution in [-0.2, 0) is 21.4 Å². The zero-order chi connectivity index (χ0) is 13.9. The van der Waals surface area contributed by atoms with Crippen LogP contribution in [0.15, 0.2) is 27.6 Å². The SMILES string of the molecule is O=S(=O)(NCC1CCOC1)c1ccc(CO)cc1Br. The van der Waals surface area contributed by atoms with Crippen molar-refractivity contribution in [3.63, 3.8) is 0 Å². The Morgan fingerprint density at radius 1 is 1.47 bits per heavy atom. The predicted octanol–water partition coefficient (Wildman–Crippen LogP) is 1.26. The molecule has 1 aliphatic rings. The third-order valence-corrected chi connectivity index (χ3v) is 5.45. The van der Waals surface area contributed by atoms with Gasteiger partial charge in [0, 0.05) is 17.6 Å². The Labute approximate surface area is 121 Å². The van der Waals surface area contributed by atoms with Crippen molar-refractivity contribution in [1.29, 1.82) is 0 Å². The number of nitrogens with one attached hydrogen (secondary N) is 1. The summed E-state index contributed by atoms with van der Waals surface area (Å²) < 4.78 is 32.6. The van der Waals surface area contributed by atoms with Gasteiger partial charge in [-0.2, -0.15) is 0 Å². The summed E-state index contributed by atoms with van der Waals surface area (Å²) in [4.78, 5) is 0.184. The Hall–Kier alpha value is -0.470. The largest absolute Gasteiger partial charge is 0.392 e. The highest BCUT2D eigenvalue weighted by atomic mass is 79.9. The maximum atomic E-state index is 12.2. The Kier molecular flexibility index (Phi) is 4.97. The number of aliphatic hydroxyl groups excluding tert-OH is 1. The van der Waals surface area contributed by atoms with Gasteiger partial charge in [0.25, 0.3) is 0 Å². The number of aliphatic hydroxyl groups is 1. The summed E-state index contributed by atoms with van der Waals surface area (Å²) in [5, 5.41) is 9.00. The highest BCUT2D eigenvalue weighted by Gasteiger charge is 2.21. The third-order valence-electron chi connectivity index (χ3n) is 3.05. The van der Waals surface area contributed by atoms with Crippen LogP contribution in [0.3, 0.4) is 0 Å². The van der Waals surface area contributed by atoms with E-state index in [1.165, 1.54) is 6.07 Å². The van der Waals surface area contributed by atoms with Crippen molar-refractivity contribution in [2.24, 2.45) is 5.92 Å². The van der Waals surface area contributed by atoms with Crippen molar-refractivity contribution in [2.45, 2.75) is 17.9 Å². The van der Waals surface area contributed by atoms with Gasteiger partial charge in [0.2, 0.25) is 10.0 Å². The quantitative estimate of drug-likeness (QED) is 0.838. The summed E-state index contributed by atoms with van der Waals surface area (Å²) >= 11 is 3.22. The van der Waals surface area contributed by atoms with Crippen LogP contribution in [0, 0.1) is 5.92 Å². The highest BCUT2D eigenvalue weighted by Crippen LogP contribution is 2.23. The minimum atomic E-state index is -3.54. The van der Waals surface area contributed by atoms with Crippen LogP contribution in [0.4, 0.5) is 0 Å². The van der Waals surface area contributed by atoms with E-state index < -0.39 is 10.0 Å². The van der Waals surface area contributed by atoms with Crippen molar-refractivity contribution in [2.75, 3.05) is 19.8 Å². The fourth-order valence-electron chi connectivity index (χ4n) is 1.91. The lowest BCUT2D eigenvalue weighted by Gasteiger charge is -2.12. The fourth-order valence-corrected chi connectivity index (χ4v) is 4.15. The molecular formula is C12H16BrNO4S. The summed E-state index contributed by atoms with van der Waals surface area (Å²) in [6.45, 7) is 1.57. The van der Waals surface area contributed by atoms with Crippen LogP contribution in [0.2, 0.25) is 0 Å². The lowest BCUT2D eigenvalue weighted by molar-refractivity contribution is 0.186. The second kappa shape index (κ2) is 6.32. The summed E-state index contributed by atoms with van der Waals surface area (Å²) in [5.41, 5.74) is 0.662. The van der Waals surface area contributed by atoms with Crippen LogP contribution < -0.4 is 4.72 Å². The molecule has 1 fully saturated rings. The minimum Gasteiger partial charge on any atom is -0.392 e. The molecule has 1 aliphatic heterocycles. The second-order valence-electron chi connectivity index (χ2n) is 4.50. The van der Waals surface area contributed by atoms with Crippen molar-refractivity contribution in [3.8, 4) is 0 Å². The van der Waals surface area contributed by atoms with Crippen LogP contribution >= 0.6 is 15.9 Å². The first-order chi connectivity index (χ1) is 9.03. The van der Waals surface area contributed by atoms with Crippen LogP contribution in [-0.4, -0.2) is 33.3 Å². The number of benzene rings is 1. The molecule has 1 aromatic carbocycles. The van der Waals surface area contributed by atoms with Gasteiger partial charge in [-0.15, -0.1) is 0 Å². The molecule has 1 heterocycles. The lowest BCUT2D eigenvalue weighted by atomic mass is 10.1. The highest BCUT2D eigenvalue weighted by molar-refractivity contribution is 9.10. The normalized spacial score (nSPS) is 19.8. The zero-order valence-corrected chi connectivity index (χ0v) is 12.7. The second-order valence-corrected chi connectivity index (χ2v) is 7.09. The molecule has 19 heavy (non-hydrogen) atoms. The van der Waals surface area contributed by atoms with Crippen molar-refractivity contribution in [1.82, 2.24) is 4.72 Å². The summed E-state index contributed by atoms with van der Waals surface area (Å²) in [6.07, 6.45) is 0.882. The Bertz CT molecular complexity index is 541. The molecule has 0 aromatic heterocycles. The number of halogens is 1. The van der Waals surface area contributed by atoms with Crippen molar-refractivity contribution in [3.05, 3.63) is 28.2 Å². The molecule has 0 aliphatic carbocycles.